The highest BCUT2D eigenvalue weighted by Gasteiger charge is 2.51. The molecule has 2 saturated heterocycles. The number of rotatable bonds is 9. The van der Waals surface area contributed by atoms with Crippen LogP contribution in [0.4, 0.5) is 0 Å². The van der Waals surface area contributed by atoms with Crippen molar-refractivity contribution < 1.29 is 43.0 Å². The van der Waals surface area contributed by atoms with Gasteiger partial charge in [0, 0.05) is 41.5 Å². The lowest BCUT2D eigenvalue weighted by Crippen LogP contribution is -2.64. The van der Waals surface area contributed by atoms with E-state index in [9.17, 15) is 5.11 Å². The van der Waals surface area contributed by atoms with Crippen molar-refractivity contribution >= 4 is 0 Å². The molecule has 2 aliphatic heterocycles. The van der Waals surface area contributed by atoms with E-state index in [-0.39, 0.29) is 12.0 Å². The molecular weight excluding hydrogens is 372 g/mol. The fourth-order valence-electron chi connectivity index (χ4n) is 3.98. The van der Waals surface area contributed by atoms with E-state index in [1.165, 1.54) is 0 Å². The molecule has 2 heterocycles. The minimum atomic E-state index is -0.801. The number of ether oxygens (including phenoxy) is 8. The van der Waals surface area contributed by atoms with Gasteiger partial charge in [-0.25, -0.2) is 0 Å². The first-order valence-corrected chi connectivity index (χ1v) is 9.64. The van der Waals surface area contributed by atoms with Crippen LogP contribution in [0.15, 0.2) is 0 Å². The molecule has 0 saturated carbocycles. The van der Waals surface area contributed by atoms with E-state index in [0.717, 1.165) is 0 Å². The summed E-state index contributed by atoms with van der Waals surface area (Å²) in [5.41, 5.74) is 0. The quantitative estimate of drug-likeness (QED) is 0.575. The van der Waals surface area contributed by atoms with Gasteiger partial charge in [-0.1, -0.05) is 6.92 Å². The molecule has 2 aliphatic rings. The zero-order chi connectivity index (χ0) is 20.8. The van der Waals surface area contributed by atoms with Crippen molar-refractivity contribution in [2.45, 2.75) is 69.0 Å². The van der Waals surface area contributed by atoms with Crippen LogP contribution in [0.2, 0.25) is 0 Å². The second-order valence-electron chi connectivity index (χ2n) is 7.38. The largest absolute Gasteiger partial charge is 0.390 e. The average Bonchev–Trinajstić information content (AvgIpc) is 2.69. The van der Waals surface area contributed by atoms with Gasteiger partial charge in [-0.15, -0.1) is 0 Å². The van der Waals surface area contributed by atoms with Gasteiger partial charge < -0.3 is 43.0 Å². The van der Waals surface area contributed by atoms with Crippen LogP contribution in [-0.2, 0) is 37.9 Å². The number of methoxy groups -OCH3 is 5. The molecule has 1 N–H and O–H groups in total. The Morgan fingerprint density at radius 3 is 1.75 bits per heavy atom. The first-order chi connectivity index (χ1) is 13.4. The second-order valence-corrected chi connectivity index (χ2v) is 7.38. The van der Waals surface area contributed by atoms with E-state index in [0.29, 0.717) is 13.2 Å². The molecule has 0 aromatic rings. The van der Waals surface area contributed by atoms with E-state index in [2.05, 4.69) is 0 Å². The Kier molecular flexibility index (Phi) is 9.52. The third-order valence-electron chi connectivity index (χ3n) is 5.73. The maximum absolute atomic E-state index is 10.8. The van der Waals surface area contributed by atoms with E-state index in [1.807, 2.05) is 13.8 Å². The molecule has 9 nitrogen and oxygen atoms in total. The zero-order valence-corrected chi connectivity index (χ0v) is 17.9. The molecule has 0 aromatic carbocycles. The first kappa shape index (κ1) is 23.9. The van der Waals surface area contributed by atoms with Crippen molar-refractivity contribution in [1.82, 2.24) is 0 Å². The van der Waals surface area contributed by atoms with Gasteiger partial charge in [0.15, 0.2) is 6.29 Å². The van der Waals surface area contributed by atoms with Gasteiger partial charge in [0.05, 0.1) is 25.4 Å². The summed E-state index contributed by atoms with van der Waals surface area (Å²) >= 11 is 0. The number of hydrogen-bond acceptors (Lipinski definition) is 9. The lowest BCUT2D eigenvalue weighted by molar-refractivity contribution is -0.345. The Balaban J connectivity index is 2.24. The highest BCUT2D eigenvalue weighted by molar-refractivity contribution is 4.95. The highest BCUT2D eigenvalue weighted by atomic mass is 16.7. The molecule has 0 aromatic heterocycles. The summed E-state index contributed by atoms with van der Waals surface area (Å²) in [4.78, 5) is 0. The van der Waals surface area contributed by atoms with Crippen LogP contribution >= 0.6 is 0 Å². The van der Waals surface area contributed by atoms with Gasteiger partial charge in [-0.05, 0) is 6.92 Å². The summed E-state index contributed by atoms with van der Waals surface area (Å²) in [5, 5.41) is 10.8. The Hall–Kier alpha value is -0.360. The Labute approximate surface area is 167 Å². The summed E-state index contributed by atoms with van der Waals surface area (Å²) in [6.45, 7) is 4.45. The van der Waals surface area contributed by atoms with E-state index in [4.69, 9.17) is 37.9 Å². The lowest BCUT2D eigenvalue weighted by atomic mass is 9.88. The zero-order valence-electron chi connectivity index (χ0n) is 17.9. The molecule has 28 heavy (non-hydrogen) atoms. The summed E-state index contributed by atoms with van der Waals surface area (Å²) in [5.74, 6) is -0.109. The summed E-state index contributed by atoms with van der Waals surface area (Å²) < 4.78 is 45.8. The fourth-order valence-corrected chi connectivity index (χ4v) is 3.98. The third kappa shape index (κ3) is 5.03. The number of hydrogen-bond donors (Lipinski definition) is 1. The molecule has 10 unspecified atom stereocenters. The van der Waals surface area contributed by atoms with Gasteiger partial charge in [0.2, 0.25) is 0 Å². The molecule has 0 aliphatic carbocycles. The van der Waals surface area contributed by atoms with Crippen molar-refractivity contribution in [2.24, 2.45) is 5.92 Å². The van der Waals surface area contributed by atoms with Crippen LogP contribution in [0.25, 0.3) is 0 Å². The van der Waals surface area contributed by atoms with E-state index >= 15 is 0 Å². The predicted octanol–water partition coefficient (Wildman–Crippen LogP) is 0.219. The molecule has 0 amide bonds. The van der Waals surface area contributed by atoms with Crippen LogP contribution < -0.4 is 0 Å². The smallest absolute Gasteiger partial charge is 0.187 e. The highest BCUT2D eigenvalue weighted by Crippen LogP contribution is 2.33. The van der Waals surface area contributed by atoms with E-state index in [1.54, 1.807) is 35.5 Å². The molecule has 0 bridgehead atoms. The molecule has 0 spiro atoms. The lowest BCUT2D eigenvalue weighted by Gasteiger charge is -2.48. The molecule has 0 radical (unpaired) electrons. The van der Waals surface area contributed by atoms with Crippen LogP contribution in [0.3, 0.4) is 0 Å². The Morgan fingerprint density at radius 2 is 1.25 bits per heavy atom. The molecule has 10 atom stereocenters. The molecular formula is C19H36O9. The standard InChI is InChI=1S/C19H36O9/c1-10-11(2)26-12(8-21-3)15(14(10)20)28-19-18(25-7)17(24-6)16(23-5)13(27-19)9-22-4/h10-20H,8-9H2,1-7H3. The van der Waals surface area contributed by atoms with Crippen molar-refractivity contribution in [3.8, 4) is 0 Å². The molecule has 2 rings (SSSR count). The van der Waals surface area contributed by atoms with Gasteiger partial charge in [0.1, 0.15) is 36.6 Å². The van der Waals surface area contributed by atoms with Crippen LogP contribution in [-0.4, -0.2) is 109 Å². The molecule has 166 valence electrons. The van der Waals surface area contributed by atoms with Gasteiger partial charge in [-0.3, -0.25) is 0 Å². The van der Waals surface area contributed by atoms with Gasteiger partial charge in [-0.2, -0.15) is 0 Å². The van der Waals surface area contributed by atoms with Crippen molar-refractivity contribution in [3.63, 3.8) is 0 Å². The van der Waals surface area contributed by atoms with Crippen molar-refractivity contribution in [2.75, 3.05) is 48.8 Å². The van der Waals surface area contributed by atoms with Crippen molar-refractivity contribution in [1.29, 1.82) is 0 Å². The summed E-state index contributed by atoms with van der Waals surface area (Å²) in [6.07, 6.45) is -4.56. The SMILES string of the molecule is COCC1OC(C)C(C)C(O)C1OC1OC(COC)C(OC)C(OC)C1OC. The third-order valence-corrected chi connectivity index (χ3v) is 5.73. The van der Waals surface area contributed by atoms with Crippen LogP contribution in [0, 0.1) is 5.92 Å². The predicted molar refractivity (Wildman–Crippen MR) is 99.2 cm³/mol. The van der Waals surface area contributed by atoms with E-state index < -0.39 is 49.0 Å². The summed E-state index contributed by atoms with van der Waals surface area (Å²) in [7, 11) is 7.92. The number of aliphatic hydroxyl groups excluding tert-OH is 1. The van der Waals surface area contributed by atoms with Gasteiger partial charge in [0.25, 0.3) is 0 Å². The Bertz CT molecular complexity index is 447. The van der Waals surface area contributed by atoms with Crippen molar-refractivity contribution in [3.05, 3.63) is 0 Å². The molecule has 2 fully saturated rings. The fraction of sp³-hybridized carbons (Fsp3) is 1.00. The number of aliphatic hydroxyl groups is 1. The topological polar surface area (TPSA) is 94.1 Å². The first-order valence-electron chi connectivity index (χ1n) is 9.64. The maximum atomic E-state index is 10.8. The molecule has 9 heteroatoms. The van der Waals surface area contributed by atoms with Crippen LogP contribution in [0.1, 0.15) is 13.8 Å². The van der Waals surface area contributed by atoms with Crippen LogP contribution in [0.5, 0.6) is 0 Å². The minimum absolute atomic E-state index is 0.109. The minimum Gasteiger partial charge on any atom is -0.390 e. The monoisotopic (exact) mass is 408 g/mol. The normalized spacial score (nSPS) is 44.6. The maximum Gasteiger partial charge on any atom is 0.187 e. The average molecular weight is 408 g/mol. The van der Waals surface area contributed by atoms with Gasteiger partial charge >= 0.3 is 0 Å². The Morgan fingerprint density at radius 1 is 0.714 bits per heavy atom. The second kappa shape index (κ2) is 11.1. The summed E-state index contributed by atoms with van der Waals surface area (Å²) in [6, 6.07) is 0.